The lowest BCUT2D eigenvalue weighted by Gasteiger charge is -2.30. The van der Waals surface area contributed by atoms with E-state index in [-0.39, 0.29) is 11.2 Å². The smallest absolute Gasteiger partial charge is 0.167 e. The highest BCUT2D eigenvalue weighted by atomic mass is 19.1. The molecular formula is C27H33FN4O2. The number of aromatic nitrogens is 3. The number of Topliss-reactive ketones (excluding diaryl/α,β-unsaturated/α-hetero) is 1. The summed E-state index contributed by atoms with van der Waals surface area (Å²) in [5, 5.41) is 9.57. The maximum absolute atomic E-state index is 13.0. The topological polar surface area (TPSA) is 64.2 Å². The molecule has 3 heterocycles. The molecule has 0 N–H and O–H groups in total. The summed E-state index contributed by atoms with van der Waals surface area (Å²) in [6.45, 7) is 2.70. The van der Waals surface area contributed by atoms with Gasteiger partial charge in [0.25, 0.3) is 0 Å². The Balaban J connectivity index is 0.971. The Morgan fingerprint density at radius 1 is 1.24 bits per heavy atom. The minimum absolute atomic E-state index is 0.117. The maximum atomic E-state index is 13.0. The second-order valence-corrected chi connectivity index (χ2v) is 10.9. The van der Waals surface area contributed by atoms with Gasteiger partial charge >= 0.3 is 0 Å². The summed E-state index contributed by atoms with van der Waals surface area (Å²) in [4.78, 5) is 15.6. The first-order valence-electron chi connectivity index (χ1n) is 12.7. The zero-order chi connectivity index (χ0) is 23.3. The van der Waals surface area contributed by atoms with Gasteiger partial charge in [0.15, 0.2) is 11.5 Å². The summed E-state index contributed by atoms with van der Waals surface area (Å²) in [6, 6.07) is 7.67. The average Bonchev–Trinajstić information content (AvgIpc) is 3.23. The van der Waals surface area contributed by atoms with Crippen molar-refractivity contribution in [2.24, 2.45) is 24.8 Å². The molecule has 3 aromatic rings. The molecule has 0 spiro atoms. The zero-order valence-electron chi connectivity index (χ0n) is 19.9. The van der Waals surface area contributed by atoms with Gasteiger partial charge in [0.05, 0.1) is 11.2 Å². The molecule has 6 nitrogen and oxygen atoms in total. The van der Waals surface area contributed by atoms with E-state index >= 15 is 0 Å². The van der Waals surface area contributed by atoms with Crippen molar-refractivity contribution < 1.29 is 13.7 Å². The first-order valence-corrected chi connectivity index (χ1v) is 12.7. The number of carbonyl (C=O) groups excluding carboxylic acids is 1. The molecule has 180 valence electrons. The molecular weight excluding hydrogens is 431 g/mol. The number of likely N-dealkylation sites (tertiary alicyclic amines) is 1. The quantitative estimate of drug-likeness (QED) is 0.435. The molecule has 2 atom stereocenters. The van der Waals surface area contributed by atoms with Crippen molar-refractivity contribution in [1.82, 2.24) is 19.8 Å². The second-order valence-electron chi connectivity index (χ2n) is 10.9. The van der Waals surface area contributed by atoms with Crippen molar-refractivity contribution in [3.63, 3.8) is 0 Å². The fourth-order valence-electron chi connectivity index (χ4n) is 6.63. The number of piperidine rings is 1. The molecule has 2 aliphatic carbocycles. The van der Waals surface area contributed by atoms with Gasteiger partial charge < -0.3 is 9.42 Å². The van der Waals surface area contributed by atoms with Gasteiger partial charge in [0, 0.05) is 55.2 Å². The predicted molar refractivity (Wildman–Crippen MR) is 127 cm³/mol. The van der Waals surface area contributed by atoms with E-state index in [4.69, 9.17) is 4.52 Å². The fourth-order valence-corrected chi connectivity index (χ4v) is 6.63. The SMILES string of the molecule is Cn1cc2c(C(=O)CC3CCC(CCN4CC5CC5(c5cc(CF)on5)C4)CC3)cccc2n1. The molecule has 2 saturated carbocycles. The van der Waals surface area contributed by atoms with Gasteiger partial charge in [-0.25, -0.2) is 4.39 Å². The highest BCUT2D eigenvalue weighted by Gasteiger charge is 2.62. The number of fused-ring (bicyclic) bond motifs is 2. The number of carbonyl (C=O) groups is 1. The summed E-state index contributed by atoms with van der Waals surface area (Å²) in [6.07, 6.45) is 9.74. The van der Waals surface area contributed by atoms with Crippen LogP contribution in [-0.4, -0.2) is 45.3 Å². The molecule has 2 aromatic heterocycles. The van der Waals surface area contributed by atoms with Gasteiger partial charge in [-0.3, -0.25) is 9.48 Å². The number of ketones is 1. The zero-order valence-corrected chi connectivity index (χ0v) is 19.9. The summed E-state index contributed by atoms with van der Waals surface area (Å²) < 4.78 is 19.8. The van der Waals surface area contributed by atoms with Crippen LogP contribution in [0.15, 0.2) is 35.0 Å². The Morgan fingerprint density at radius 3 is 2.85 bits per heavy atom. The lowest BCUT2D eigenvalue weighted by atomic mass is 9.78. The first kappa shape index (κ1) is 22.0. The van der Waals surface area contributed by atoms with Gasteiger partial charge in [-0.05, 0) is 56.0 Å². The van der Waals surface area contributed by atoms with Crippen LogP contribution in [0.5, 0.6) is 0 Å². The Kier molecular flexibility index (Phi) is 5.55. The van der Waals surface area contributed by atoms with E-state index < -0.39 is 6.67 Å². The minimum atomic E-state index is -0.578. The number of benzene rings is 1. The van der Waals surface area contributed by atoms with Crippen LogP contribution in [0.4, 0.5) is 4.39 Å². The molecule has 2 unspecified atom stereocenters. The van der Waals surface area contributed by atoms with Crippen molar-refractivity contribution in [1.29, 1.82) is 0 Å². The number of halogens is 1. The predicted octanol–water partition coefficient (Wildman–Crippen LogP) is 5.07. The Labute approximate surface area is 199 Å². The van der Waals surface area contributed by atoms with E-state index in [1.807, 2.05) is 37.5 Å². The fraction of sp³-hybridized carbons (Fsp3) is 0.593. The monoisotopic (exact) mass is 464 g/mol. The highest BCUT2D eigenvalue weighted by molar-refractivity contribution is 6.07. The molecule has 1 aliphatic heterocycles. The second kappa shape index (κ2) is 8.59. The van der Waals surface area contributed by atoms with Gasteiger partial charge in [-0.15, -0.1) is 0 Å². The normalized spacial score (nSPS) is 28.9. The van der Waals surface area contributed by atoms with Crippen LogP contribution in [0.2, 0.25) is 0 Å². The molecule has 3 aliphatic rings. The van der Waals surface area contributed by atoms with E-state index in [0.29, 0.717) is 24.0 Å². The van der Waals surface area contributed by atoms with Crippen LogP contribution in [0.1, 0.15) is 66.8 Å². The van der Waals surface area contributed by atoms with Crippen molar-refractivity contribution >= 4 is 16.7 Å². The molecule has 6 rings (SSSR count). The van der Waals surface area contributed by atoms with E-state index in [2.05, 4.69) is 15.2 Å². The highest BCUT2D eigenvalue weighted by Crippen LogP contribution is 2.58. The third-order valence-electron chi connectivity index (χ3n) is 8.68. The van der Waals surface area contributed by atoms with Crippen LogP contribution in [0.25, 0.3) is 10.9 Å². The Morgan fingerprint density at radius 2 is 2.06 bits per heavy atom. The Hall–Kier alpha value is -2.54. The van der Waals surface area contributed by atoms with Crippen molar-refractivity contribution in [2.45, 2.75) is 57.0 Å². The summed E-state index contributed by atoms with van der Waals surface area (Å²) in [5.74, 6) is 2.51. The van der Waals surface area contributed by atoms with Crippen LogP contribution < -0.4 is 0 Å². The van der Waals surface area contributed by atoms with Crippen LogP contribution in [0, 0.1) is 17.8 Å². The number of hydrogen-bond acceptors (Lipinski definition) is 5. The third kappa shape index (κ3) is 3.98. The summed E-state index contributed by atoms with van der Waals surface area (Å²) in [7, 11) is 1.90. The lowest BCUT2D eigenvalue weighted by Crippen LogP contribution is -2.29. The first-order chi connectivity index (χ1) is 16.5. The van der Waals surface area contributed by atoms with Gasteiger partial charge in [-0.1, -0.05) is 30.1 Å². The van der Waals surface area contributed by atoms with E-state index in [1.165, 1.54) is 19.3 Å². The number of hydrogen-bond donors (Lipinski definition) is 0. The number of alkyl halides is 1. The van der Waals surface area contributed by atoms with Crippen LogP contribution in [0.3, 0.4) is 0 Å². The molecule has 1 saturated heterocycles. The molecule has 34 heavy (non-hydrogen) atoms. The molecule has 0 amide bonds. The van der Waals surface area contributed by atoms with E-state index in [0.717, 1.165) is 67.0 Å². The van der Waals surface area contributed by atoms with Gasteiger partial charge in [0.2, 0.25) is 0 Å². The van der Waals surface area contributed by atoms with Gasteiger partial charge in [-0.2, -0.15) is 5.10 Å². The van der Waals surface area contributed by atoms with Crippen LogP contribution >= 0.6 is 0 Å². The average molecular weight is 465 g/mol. The Bertz CT molecular complexity index is 1190. The van der Waals surface area contributed by atoms with E-state index in [1.54, 1.807) is 4.68 Å². The molecule has 0 radical (unpaired) electrons. The van der Waals surface area contributed by atoms with Crippen molar-refractivity contribution in [3.8, 4) is 0 Å². The number of rotatable bonds is 8. The van der Waals surface area contributed by atoms with Crippen molar-refractivity contribution in [3.05, 3.63) is 47.5 Å². The lowest BCUT2D eigenvalue weighted by molar-refractivity contribution is 0.0942. The summed E-state index contributed by atoms with van der Waals surface area (Å²) >= 11 is 0. The van der Waals surface area contributed by atoms with Gasteiger partial charge in [0.1, 0.15) is 6.67 Å². The molecule has 0 bridgehead atoms. The summed E-state index contributed by atoms with van der Waals surface area (Å²) in [5.41, 5.74) is 2.79. The molecule has 3 fully saturated rings. The third-order valence-corrected chi connectivity index (χ3v) is 8.68. The van der Waals surface area contributed by atoms with Crippen molar-refractivity contribution in [2.75, 3.05) is 19.6 Å². The van der Waals surface area contributed by atoms with Crippen LogP contribution in [-0.2, 0) is 19.1 Å². The number of nitrogens with zero attached hydrogens (tertiary/aromatic N) is 4. The number of aryl methyl sites for hydroxylation is 1. The maximum Gasteiger partial charge on any atom is 0.167 e. The molecule has 7 heteroatoms. The standard InChI is InChI=1S/C27H33FN4O2/c1-31-16-23-22(3-2-4-24(23)29-31)25(33)11-19-7-5-18(6-8-19)9-10-32-15-20-13-27(20,17-32)26-12-21(14-28)34-30-26/h2-4,12,16,18-20H,5-11,13-15,17H2,1H3. The molecule has 1 aromatic carbocycles. The van der Waals surface area contributed by atoms with E-state index in [9.17, 15) is 9.18 Å². The largest absolute Gasteiger partial charge is 0.358 e. The minimum Gasteiger partial charge on any atom is -0.358 e.